The lowest BCUT2D eigenvalue weighted by Gasteiger charge is -2.23. The van der Waals surface area contributed by atoms with Crippen LogP contribution < -0.4 is 0 Å². The molecule has 1 aliphatic heterocycles. The number of carboxylic acids is 1. The number of carboxylic acid groups (broad SMARTS) is 1. The van der Waals surface area contributed by atoms with Gasteiger partial charge in [-0.25, -0.2) is 4.79 Å². The number of aliphatic carboxylic acids is 1. The van der Waals surface area contributed by atoms with Crippen LogP contribution in [0.2, 0.25) is 0 Å². The molecule has 0 spiro atoms. The average Bonchev–Trinajstić information content (AvgIpc) is 2.92. The summed E-state index contributed by atoms with van der Waals surface area (Å²) in [6.45, 7) is 0.406. The molecule has 1 aliphatic carbocycles. The minimum atomic E-state index is -0.900. The van der Waals surface area contributed by atoms with Crippen molar-refractivity contribution >= 4 is 11.9 Å². The van der Waals surface area contributed by atoms with Crippen LogP contribution >= 0.6 is 0 Å². The number of terminal acetylenes is 1. The summed E-state index contributed by atoms with van der Waals surface area (Å²) in [4.78, 5) is 24.1. The molecule has 1 saturated heterocycles. The Balaban J connectivity index is 2.12. The monoisotopic (exact) mass is 207 g/mol. The molecule has 0 bridgehead atoms. The Kier molecular flexibility index (Phi) is 2.39. The molecule has 0 radical (unpaired) electrons. The number of rotatable bonds is 3. The number of amides is 1. The van der Waals surface area contributed by atoms with Gasteiger partial charge in [0.1, 0.15) is 6.04 Å². The topological polar surface area (TPSA) is 57.6 Å². The van der Waals surface area contributed by atoms with Gasteiger partial charge in [0, 0.05) is 18.9 Å². The number of hydrogen-bond acceptors (Lipinski definition) is 2. The van der Waals surface area contributed by atoms with E-state index in [0.29, 0.717) is 13.0 Å². The van der Waals surface area contributed by atoms with E-state index in [4.69, 9.17) is 11.5 Å². The zero-order valence-corrected chi connectivity index (χ0v) is 8.35. The van der Waals surface area contributed by atoms with Gasteiger partial charge in [-0.2, -0.15) is 0 Å². The van der Waals surface area contributed by atoms with Crippen LogP contribution in [0, 0.1) is 24.2 Å². The van der Waals surface area contributed by atoms with E-state index in [1.807, 2.05) is 0 Å². The fraction of sp³-hybridized carbons (Fsp3) is 0.636. The molecule has 2 aliphatic rings. The van der Waals surface area contributed by atoms with Crippen molar-refractivity contribution in [3.8, 4) is 12.3 Å². The molecule has 15 heavy (non-hydrogen) atoms. The highest BCUT2D eigenvalue weighted by atomic mass is 16.4. The maximum absolute atomic E-state index is 11.6. The van der Waals surface area contributed by atoms with Gasteiger partial charge in [-0.05, 0) is 18.8 Å². The molecule has 1 amide bonds. The van der Waals surface area contributed by atoms with Crippen LogP contribution in [0.25, 0.3) is 0 Å². The van der Waals surface area contributed by atoms with Crippen molar-refractivity contribution in [2.75, 3.05) is 6.54 Å². The Labute approximate surface area is 88.3 Å². The Morgan fingerprint density at radius 2 is 2.27 bits per heavy atom. The molecule has 2 fully saturated rings. The predicted molar refractivity (Wildman–Crippen MR) is 52.8 cm³/mol. The van der Waals surface area contributed by atoms with Gasteiger partial charge < -0.3 is 10.0 Å². The molecule has 1 N–H and O–H groups in total. The zero-order chi connectivity index (χ0) is 11.0. The van der Waals surface area contributed by atoms with Gasteiger partial charge >= 0.3 is 5.97 Å². The van der Waals surface area contributed by atoms with Gasteiger partial charge in [-0.1, -0.05) is 0 Å². The summed E-state index contributed by atoms with van der Waals surface area (Å²) < 4.78 is 0. The van der Waals surface area contributed by atoms with Crippen LogP contribution in [0.3, 0.4) is 0 Å². The first-order valence-corrected chi connectivity index (χ1v) is 5.12. The summed E-state index contributed by atoms with van der Waals surface area (Å²) >= 11 is 0. The molecule has 2 atom stereocenters. The molecule has 0 aromatic carbocycles. The molecular formula is C11H13NO3. The van der Waals surface area contributed by atoms with Crippen molar-refractivity contribution in [1.29, 1.82) is 0 Å². The van der Waals surface area contributed by atoms with Crippen molar-refractivity contribution in [2.24, 2.45) is 11.8 Å². The van der Waals surface area contributed by atoms with E-state index in [0.717, 1.165) is 12.8 Å². The first kappa shape index (κ1) is 10.0. The van der Waals surface area contributed by atoms with Crippen molar-refractivity contribution in [3.63, 3.8) is 0 Å². The van der Waals surface area contributed by atoms with Gasteiger partial charge in [-0.3, -0.25) is 4.79 Å². The van der Waals surface area contributed by atoms with Crippen LogP contribution in [0.1, 0.15) is 19.3 Å². The van der Waals surface area contributed by atoms with E-state index in [-0.39, 0.29) is 17.7 Å². The van der Waals surface area contributed by atoms with Crippen LogP contribution in [-0.2, 0) is 9.59 Å². The number of nitrogens with zero attached hydrogens (tertiary/aromatic N) is 1. The summed E-state index contributed by atoms with van der Waals surface area (Å²) in [6, 6.07) is -0.643. The Bertz CT molecular complexity index is 340. The van der Waals surface area contributed by atoms with Crippen molar-refractivity contribution < 1.29 is 14.7 Å². The third-order valence-electron chi connectivity index (χ3n) is 3.05. The predicted octanol–water partition coefficient (Wildman–Crippen LogP) is 0.331. The highest BCUT2D eigenvalue weighted by Gasteiger charge is 2.45. The smallest absolute Gasteiger partial charge is 0.326 e. The van der Waals surface area contributed by atoms with E-state index in [9.17, 15) is 9.59 Å². The number of likely N-dealkylation sites (tertiary alicyclic amines) is 1. The summed E-state index contributed by atoms with van der Waals surface area (Å²) in [5.74, 6) is 1.54. The lowest BCUT2D eigenvalue weighted by molar-refractivity contribution is -0.149. The van der Waals surface area contributed by atoms with E-state index in [1.54, 1.807) is 0 Å². The number of carbonyl (C=O) groups is 2. The molecule has 4 nitrogen and oxygen atoms in total. The second kappa shape index (κ2) is 3.58. The van der Waals surface area contributed by atoms with Crippen molar-refractivity contribution in [3.05, 3.63) is 0 Å². The lowest BCUT2D eigenvalue weighted by Crippen LogP contribution is -2.43. The fourth-order valence-corrected chi connectivity index (χ4v) is 2.11. The van der Waals surface area contributed by atoms with Crippen LogP contribution in [0.5, 0.6) is 0 Å². The van der Waals surface area contributed by atoms with Crippen LogP contribution in [0.15, 0.2) is 0 Å². The first-order chi connectivity index (χ1) is 7.13. The molecule has 0 aromatic heterocycles. The molecule has 1 unspecified atom stereocenters. The van der Waals surface area contributed by atoms with Crippen LogP contribution in [0.4, 0.5) is 0 Å². The van der Waals surface area contributed by atoms with E-state index >= 15 is 0 Å². The minimum absolute atomic E-state index is 0.113. The number of hydrogen-bond donors (Lipinski definition) is 1. The summed E-state index contributed by atoms with van der Waals surface area (Å²) in [5, 5.41) is 9.08. The first-order valence-electron chi connectivity index (χ1n) is 5.12. The third-order valence-corrected chi connectivity index (χ3v) is 3.05. The van der Waals surface area contributed by atoms with E-state index in [2.05, 4.69) is 5.92 Å². The Morgan fingerprint density at radius 1 is 1.60 bits per heavy atom. The quantitative estimate of drug-likeness (QED) is 0.678. The molecule has 2 rings (SSSR count). The fourth-order valence-electron chi connectivity index (χ4n) is 2.11. The normalized spacial score (nSPS) is 27.5. The molecule has 0 aromatic rings. The Hall–Kier alpha value is -1.50. The highest BCUT2D eigenvalue weighted by molar-refractivity contribution is 5.86. The van der Waals surface area contributed by atoms with Gasteiger partial charge in [0.15, 0.2) is 0 Å². The molecule has 4 heteroatoms. The van der Waals surface area contributed by atoms with Crippen molar-refractivity contribution in [2.45, 2.75) is 25.3 Å². The van der Waals surface area contributed by atoms with Gasteiger partial charge in [-0.15, -0.1) is 12.3 Å². The molecular weight excluding hydrogens is 194 g/mol. The SMILES string of the molecule is C#CC1CC(=O)N([C@H](C(=O)O)C2CC2)C1. The van der Waals surface area contributed by atoms with E-state index in [1.165, 1.54) is 4.90 Å². The standard InChI is InChI=1S/C11H13NO3/c1-2-7-5-9(13)12(6-7)10(11(14)15)8-3-4-8/h1,7-8,10H,3-6H2,(H,14,15)/t7?,10-/m0/s1. The largest absolute Gasteiger partial charge is 0.480 e. The summed E-state index contributed by atoms with van der Waals surface area (Å²) in [7, 11) is 0. The number of carbonyl (C=O) groups excluding carboxylic acids is 1. The minimum Gasteiger partial charge on any atom is -0.480 e. The summed E-state index contributed by atoms with van der Waals surface area (Å²) in [6.07, 6.45) is 7.36. The second-order valence-corrected chi connectivity index (χ2v) is 4.23. The maximum Gasteiger partial charge on any atom is 0.326 e. The Morgan fingerprint density at radius 3 is 2.67 bits per heavy atom. The van der Waals surface area contributed by atoms with Gasteiger partial charge in [0.2, 0.25) is 5.91 Å². The second-order valence-electron chi connectivity index (χ2n) is 4.23. The highest BCUT2D eigenvalue weighted by Crippen LogP contribution is 2.37. The third kappa shape index (κ3) is 1.82. The molecule has 1 saturated carbocycles. The molecule has 80 valence electrons. The zero-order valence-electron chi connectivity index (χ0n) is 8.35. The summed E-state index contributed by atoms with van der Waals surface area (Å²) in [5.41, 5.74) is 0. The van der Waals surface area contributed by atoms with E-state index < -0.39 is 12.0 Å². The van der Waals surface area contributed by atoms with Crippen molar-refractivity contribution in [1.82, 2.24) is 4.90 Å². The van der Waals surface area contributed by atoms with Gasteiger partial charge in [0.25, 0.3) is 0 Å². The lowest BCUT2D eigenvalue weighted by atomic mass is 10.1. The molecule has 1 heterocycles. The van der Waals surface area contributed by atoms with Crippen LogP contribution in [-0.4, -0.2) is 34.5 Å². The average molecular weight is 207 g/mol. The maximum atomic E-state index is 11.6. The van der Waals surface area contributed by atoms with Gasteiger partial charge in [0.05, 0.1) is 0 Å².